The number of nitrogens with zero attached hydrogens (tertiary/aromatic N) is 9. The van der Waals surface area contributed by atoms with Gasteiger partial charge in [-0.25, -0.2) is 24.5 Å². The maximum absolute atomic E-state index is 12.3. The first-order valence-corrected chi connectivity index (χ1v) is 24.3. The number of aliphatic imine (C=N–C) groups is 3. The summed E-state index contributed by atoms with van der Waals surface area (Å²) in [7, 11) is 0. The lowest BCUT2D eigenvalue weighted by molar-refractivity contribution is 0.0518. The van der Waals surface area contributed by atoms with Gasteiger partial charge in [0.15, 0.2) is 17.2 Å². The highest BCUT2D eigenvalue weighted by atomic mass is 127. The number of terminal acetylenes is 3. The Kier molecular flexibility index (Phi) is 17.0. The number of benzene rings is 6. The maximum atomic E-state index is 12.3. The molecule has 0 spiro atoms. The van der Waals surface area contributed by atoms with Crippen molar-refractivity contribution in [3.05, 3.63) is 249 Å². The zero-order chi connectivity index (χ0) is 53.6. The first-order chi connectivity index (χ1) is 37.6. The minimum Gasteiger partial charge on any atom is -0.476 e. The van der Waals surface area contributed by atoms with E-state index in [0.717, 1.165) is 90.0 Å². The van der Waals surface area contributed by atoms with Crippen LogP contribution in [0.5, 0.6) is 0 Å². The lowest BCUT2D eigenvalue weighted by Crippen LogP contribution is -2.09. The van der Waals surface area contributed by atoms with Gasteiger partial charge in [0, 0.05) is 65.4 Å². The van der Waals surface area contributed by atoms with Crippen LogP contribution in [0.4, 0.5) is 0 Å². The molecule has 0 fully saturated rings. The molecule has 383 valence electrons. The summed E-state index contributed by atoms with van der Waals surface area (Å²) in [5.41, 5.74) is 15.9. The van der Waals surface area contributed by atoms with Gasteiger partial charge >= 0.3 is 11.9 Å². The summed E-state index contributed by atoms with van der Waals surface area (Å²) in [6.45, 7) is 4.53. The second kappa shape index (κ2) is 24.4. The minimum atomic E-state index is -1.06. The Morgan fingerprint density at radius 2 is 0.848 bits per heavy atom. The van der Waals surface area contributed by atoms with Gasteiger partial charge in [0.2, 0.25) is 0 Å². The number of ketones is 1. The third-order valence-electron chi connectivity index (χ3n) is 12.9. The SMILES string of the molecule is C#Cc1ccc2c(c1)C(c1ccccc1)=NCc1c(C(=O)O)ncn1-2.C#Cc1ccc2c(c1)C(c1ccccc1)=NCc1c(C(=O)OCC)ncn1-2.C#Cc1ccc2c(c1)C(c1ccccc1)=NCc1c(C(C)=O)ncn1-2.I.[B]. The van der Waals surface area contributed by atoms with E-state index in [1.165, 1.54) is 13.3 Å². The van der Waals surface area contributed by atoms with Gasteiger partial charge in [0.05, 0.1) is 77.5 Å². The highest BCUT2D eigenvalue weighted by molar-refractivity contribution is 14.0. The first-order valence-electron chi connectivity index (χ1n) is 24.3. The van der Waals surface area contributed by atoms with Crippen LogP contribution in [-0.4, -0.2) is 83.6 Å². The molecule has 9 aromatic rings. The number of esters is 1. The van der Waals surface area contributed by atoms with Crippen LogP contribution in [0.2, 0.25) is 0 Å². The summed E-state index contributed by atoms with van der Waals surface area (Å²) in [5, 5.41) is 9.38. The fourth-order valence-electron chi connectivity index (χ4n) is 9.36. The second-order valence-electron chi connectivity index (χ2n) is 17.5. The van der Waals surface area contributed by atoms with Crippen LogP contribution in [0.1, 0.15) is 112 Å². The van der Waals surface area contributed by atoms with E-state index in [1.807, 2.05) is 155 Å². The standard InChI is InChI=1S/C22H17N3O2.C21H15N3O.C20H13N3O2.B.HI/c1-3-15-10-11-18-17(12-15)20(16-8-6-5-7-9-16)23-13-19-21(22(26)27-4-2)24-14-25(18)19;1-3-15-9-10-18-17(11-15)21(16-7-5-4-6-8-16)22-12-19-20(14(2)25)23-13-24(18)19;1-2-13-8-9-16-15(10-13)18(14-6-4-3-5-7-14)21-11-17-19(20(24)25)22-12-23(16)17;;/h1,5-12,14H,4,13H2,2H3;1,4-11,13H,12H2,2H3;1,3-10,12H,11H2,(H,24,25);;1H. The third-order valence-corrected chi connectivity index (χ3v) is 12.9. The monoisotopic (exact) mass is 1150 g/mol. The van der Waals surface area contributed by atoms with Crippen LogP contribution >= 0.6 is 24.0 Å². The molecule has 14 nitrogen and oxygen atoms in total. The molecule has 3 aromatic heterocycles. The Bertz CT molecular complexity index is 3870. The van der Waals surface area contributed by atoms with Crippen molar-refractivity contribution in [1.29, 1.82) is 0 Å². The molecule has 3 radical (unpaired) electrons. The summed E-state index contributed by atoms with van der Waals surface area (Å²) in [5.74, 6) is 6.44. The average molecular weight is 1150 g/mol. The van der Waals surface area contributed by atoms with Crippen molar-refractivity contribution >= 4 is 67.2 Å². The zero-order valence-corrected chi connectivity index (χ0v) is 45.1. The summed E-state index contributed by atoms with van der Waals surface area (Å²) >= 11 is 0. The van der Waals surface area contributed by atoms with Crippen molar-refractivity contribution in [2.24, 2.45) is 15.0 Å². The molecule has 16 heteroatoms. The van der Waals surface area contributed by atoms with Gasteiger partial charge in [-0.3, -0.25) is 33.5 Å². The summed E-state index contributed by atoms with van der Waals surface area (Å²) < 4.78 is 10.7. The number of carbonyl (C=O) groups is 3. The Morgan fingerprint density at radius 3 is 1.18 bits per heavy atom. The van der Waals surface area contributed by atoms with Crippen LogP contribution in [0.15, 0.2) is 180 Å². The van der Waals surface area contributed by atoms with Gasteiger partial charge in [0.25, 0.3) is 0 Å². The van der Waals surface area contributed by atoms with Gasteiger partial charge in [-0.05, 0) is 61.5 Å². The first kappa shape index (κ1) is 55.3. The van der Waals surface area contributed by atoms with Crippen molar-refractivity contribution in [2.45, 2.75) is 33.5 Å². The van der Waals surface area contributed by atoms with Gasteiger partial charge in [0.1, 0.15) is 24.7 Å². The molecule has 0 saturated carbocycles. The number of halogens is 1. The number of Topliss-reactive ketones (excluding diaryl/α,β-unsaturated/α-hetero) is 1. The lowest BCUT2D eigenvalue weighted by Gasteiger charge is -2.12. The Morgan fingerprint density at radius 1 is 0.519 bits per heavy atom. The number of rotatable bonds is 7. The fraction of sp³-hybridized carbons (Fsp3) is 0.0952. The molecule has 0 saturated heterocycles. The number of carbonyl (C=O) groups excluding carboxylic acids is 2. The normalized spacial score (nSPS) is 12.0. The van der Waals surface area contributed by atoms with E-state index in [0.29, 0.717) is 42.5 Å². The molecule has 0 aliphatic carbocycles. The number of carboxylic acid groups (broad SMARTS) is 1. The molecule has 12 rings (SSSR count). The van der Waals surface area contributed by atoms with E-state index in [-0.39, 0.29) is 50.4 Å². The predicted octanol–water partition coefficient (Wildman–Crippen LogP) is 9.93. The second-order valence-corrected chi connectivity index (χ2v) is 17.5. The lowest BCUT2D eigenvalue weighted by atomic mass is 9.98. The number of carboxylic acids is 1. The van der Waals surface area contributed by atoms with E-state index in [2.05, 4.69) is 32.7 Å². The Labute approximate surface area is 475 Å². The van der Waals surface area contributed by atoms with Gasteiger partial charge < -0.3 is 9.84 Å². The number of ether oxygens (including phenoxy) is 1. The quantitative estimate of drug-likeness (QED) is 0.0540. The summed E-state index contributed by atoms with van der Waals surface area (Å²) in [6.07, 6.45) is 21.6. The van der Waals surface area contributed by atoms with Gasteiger partial charge in [-0.15, -0.1) is 43.2 Å². The molecular weight excluding hydrogens is 1100 g/mol. The molecule has 0 atom stereocenters. The minimum absolute atomic E-state index is 0. The van der Waals surface area contributed by atoms with Crippen LogP contribution < -0.4 is 0 Å². The summed E-state index contributed by atoms with van der Waals surface area (Å²) in [6, 6.07) is 46.9. The van der Waals surface area contributed by atoms with Crippen molar-refractivity contribution in [3.8, 4) is 54.1 Å². The van der Waals surface area contributed by atoms with E-state index in [4.69, 9.17) is 39.0 Å². The molecule has 0 bridgehead atoms. The molecule has 79 heavy (non-hydrogen) atoms. The van der Waals surface area contributed by atoms with Crippen LogP contribution in [-0.2, 0) is 24.4 Å². The number of aromatic nitrogens is 6. The molecule has 6 heterocycles. The van der Waals surface area contributed by atoms with Gasteiger partial charge in [-0.1, -0.05) is 109 Å². The average Bonchev–Trinajstić information content (AvgIpc) is 4.35. The molecular formula is C63H46BIN9O5. The molecule has 0 amide bonds. The van der Waals surface area contributed by atoms with Crippen molar-refractivity contribution < 1.29 is 24.2 Å². The largest absolute Gasteiger partial charge is 0.476 e. The van der Waals surface area contributed by atoms with E-state index < -0.39 is 11.9 Å². The third kappa shape index (κ3) is 11.0. The van der Waals surface area contributed by atoms with E-state index in [9.17, 15) is 19.5 Å². The van der Waals surface area contributed by atoms with Gasteiger partial charge in [-0.2, -0.15) is 0 Å². The molecule has 6 aromatic carbocycles. The summed E-state index contributed by atoms with van der Waals surface area (Å²) in [4.78, 5) is 62.5. The number of imidazole rings is 3. The number of hydrogen-bond donors (Lipinski definition) is 1. The fourth-order valence-corrected chi connectivity index (χ4v) is 9.36. The van der Waals surface area contributed by atoms with Crippen LogP contribution in [0, 0.1) is 37.0 Å². The Hall–Kier alpha value is -9.96. The molecule has 0 unspecified atom stereocenters. The number of aromatic carboxylic acids is 1. The Balaban J connectivity index is 0.000000154. The van der Waals surface area contributed by atoms with Crippen molar-refractivity contribution in [2.75, 3.05) is 6.61 Å². The molecule has 1 N–H and O–H groups in total. The zero-order valence-electron chi connectivity index (χ0n) is 42.7. The smallest absolute Gasteiger partial charge is 0.358 e. The van der Waals surface area contributed by atoms with E-state index >= 15 is 0 Å². The molecule has 3 aliphatic heterocycles. The van der Waals surface area contributed by atoms with Crippen LogP contribution in [0.25, 0.3) is 17.1 Å². The van der Waals surface area contributed by atoms with E-state index in [1.54, 1.807) is 24.1 Å². The number of fused-ring (bicyclic) bond motifs is 9. The molecule has 3 aliphatic rings. The maximum Gasteiger partial charge on any atom is 0.358 e. The van der Waals surface area contributed by atoms with Crippen molar-refractivity contribution in [3.63, 3.8) is 0 Å². The van der Waals surface area contributed by atoms with Crippen molar-refractivity contribution in [1.82, 2.24) is 28.7 Å². The highest BCUT2D eigenvalue weighted by Crippen LogP contribution is 2.31. The van der Waals surface area contributed by atoms with Crippen LogP contribution in [0.3, 0.4) is 0 Å². The number of hydrogen-bond acceptors (Lipinski definition) is 10. The predicted molar refractivity (Wildman–Crippen MR) is 316 cm³/mol. The topological polar surface area (TPSA) is 171 Å². The highest BCUT2D eigenvalue weighted by Gasteiger charge is 2.28.